The van der Waals surface area contributed by atoms with E-state index in [1.165, 1.54) is 12.1 Å². The minimum atomic E-state index is -4.42. The average Bonchev–Trinajstić information content (AvgIpc) is 3.21. The van der Waals surface area contributed by atoms with Gasteiger partial charge in [0.15, 0.2) is 9.84 Å². The van der Waals surface area contributed by atoms with E-state index < -0.39 is 27.6 Å². The molecule has 2 atom stereocenters. The van der Waals surface area contributed by atoms with Gasteiger partial charge < -0.3 is 9.64 Å². The predicted molar refractivity (Wildman–Crippen MR) is 92.9 cm³/mol. The highest BCUT2D eigenvalue weighted by atomic mass is 32.2. The molecule has 2 aliphatic rings. The number of hydrogen-bond acceptors (Lipinski definition) is 4. The van der Waals surface area contributed by atoms with Gasteiger partial charge in [-0.1, -0.05) is 12.1 Å². The van der Waals surface area contributed by atoms with Gasteiger partial charge in [-0.15, -0.1) is 0 Å². The van der Waals surface area contributed by atoms with Crippen LogP contribution in [0.3, 0.4) is 0 Å². The number of carbonyl (C=O) groups is 1. The normalized spacial score (nSPS) is 24.9. The smallest absolute Gasteiger partial charge is 0.376 e. The van der Waals surface area contributed by atoms with Crippen molar-refractivity contribution in [2.75, 3.05) is 24.7 Å². The molecule has 0 aromatic heterocycles. The van der Waals surface area contributed by atoms with E-state index in [-0.39, 0.29) is 29.9 Å². The molecular formula is C18H22F3NO4S. The minimum Gasteiger partial charge on any atom is -0.376 e. The molecule has 0 saturated carbocycles. The first-order chi connectivity index (χ1) is 12.6. The Labute approximate surface area is 156 Å². The second kappa shape index (κ2) is 7.79. The summed E-state index contributed by atoms with van der Waals surface area (Å²) in [6.07, 6.45) is -2.52. The molecule has 27 heavy (non-hydrogen) atoms. The Bertz CT molecular complexity index is 771. The molecule has 0 unspecified atom stereocenters. The van der Waals surface area contributed by atoms with E-state index in [4.69, 9.17) is 4.74 Å². The monoisotopic (exact) mass is 405 g/mol. The van der Waals surface area contributed by atoms with Crippen LogP contribution in [0.5, 0.6) is 0 Å². The number of hydrogen-bond donors (Lipinski definition) is 0. The van der Waals surface area contributed by atoms with Gasteiger partial charge in [0.2, 0.25) is 5.91 Å². The molecule has 3 rings (SSSR count). The van der Waals surface area contributed by atoms with Gasteiger partial charge in [-0.25, -0.2) is 8.42 Å². The fraction of sp³-hybridized carbons (Fsp3) is 0.611. The molecular weight excluding hydrogens is 383 g/mol. The Morgan fingerprint density at radius 1 is 1.19 bits per heavy atom. The van der Waals surface area contributed by atoms with Crippen molar-refractivity contribution in [3.05, 3.63) is 35.4 Å². The Morgan fingerprint density at radius 3 is 2.41 bits per heavy atom. The number of carbonyl (C=O) groups excluding carboxylic acids is 1. The summed E-state index contributed by atoms with van der Waals surface area (Å²) >= 11 is 0. The van der Waals surface area contributed by atoms with Crippen molar-refractivity contribution in [1.82, 2.24) is 4.90 Å². The molecule has 1 aromatic carbocycles. The summed E-state index contributed by atoms with van der Waals surface area (Å²) < 4.78 is 67.2. The lowest BCUT2D eigenvalue weighted by Gasteiger charge is -2.30. The van der Waals surface area contributed by atoms with Gasteiger partial charge in [0.25, 0.3) is 0 Å². The zero-order chi connectivity index (χ0) is 19.7. The number of alkyl halides is 3. The van der Waals surface area contributed by atoms with Crippen LogP contribution in [0, 0.1) is 0 Å². The summed E-state index contributed by atoms with van der Waals surface area (Å²) in [6, 6.07) is 4.08. The Kier molecular flexibility index (Phi) is 5.81. The van der Waals surface area contributed by atoms with Crippen LogP contribution in [-0.2, 0) is 32.0 Å². The lowest BCUT2D eigenvalue weighted by Crippen LogP contribution is -2.46. The maximum atomic E-state index is 12.8. The van der Waals surface area contributed by atoms with Crippen LogP contribution in [0.1, 0.15) is 30.4 Å². The molecule has 150 valence electrons. The Hall–Kier alpha value is -1.61. The molecule has 0 spiro atoms. The molecule has 1 amide bonds. The van der Waals surface area contributed by atoms with E-state index in [0.717, 1.165) is 25.0 Å². The van der Waals surface area contributed by atoms with Crippen LogP contribution in [0.4, 0.5) is 13.2 Å². The molecule has 2 saturated heterocycles. The van der Waals surface area contributed by atoms with E-state index in [2.05, 4.69) is 0 Å². The van der Waals surface area contributed by atoms with E-state index in [1.807, 2.05) is 0 Å². The van der Waals surface area contributed by atoms with Crippen LogP contribution < -0.4 is 0 Å². The third-order valence-corrected chi connectivity index (χ3v) is 6.78. The second-order valence-corrected chi connectivity index (χ2v) is 9.34. The number of amides is 1. The third kappa shape index (κ3) is 5.22. The maximum Gasteiger partial charge on any atom is 0.416 e. The minimum absolute atomic E-state index is 0.0489. The van der Waals surface area contributed by atoms with Crippen molar-refractivity contribution < 1.29 is 31.1 Å². The number of ether oxygens (including phenoxy) is 1. The Morgan fingerprint density at radius 2 is 1.89 bits per heavy atom. The summed E-state index contributed by atoms with van der Waals surface area (Å²) in [4.78, 5) is 14.4. The fourth-order valence-electron chi connectivity index (χ4n) is 3.57. The van der Waals surface area contributed by atoms with E-state index in [1.54, 1.807) is 4.90 Å². The summed E-state index contributed by atoms with van der Waals surface area (Å²) in [5.41, 5.74) is -0.303. The molecule has 2 aliphatic heterocycles. The zero-order valence-corrected chi connectivity index (χ0v) is 15.6. The van der Waals surface area contributed by atoms with Crippen LogP contribution in [-0.4, -0.2) is 56.0 Å². The van der Waals surface area contributed by atoms with Gasteiger partial charge in [-0.3, -0.25) is 4.79 Å². The van der Waals surface area contributed by atoms with Gasteiger partial charge >= 0.3 is 6.18 Å². The first kappa shape index (κ1) is 20.1. The molecule has 1 aromatic rings. The van der Waals surface area contributed by atoms with Gasteiger partial charge in [0.1, 0.15) is 0 Å². The summed E-state index contributed by atoms with van der Waals surface area (Å²) in [5, 5.41) is 0. The van der Waals surface area contributed by atoms with Crippen molar-refractivity contribution in [2.24, 2.45) is 0 Å². The largest absolute Gasteiger partial charge is 0.416 e. The molecule has 2 fully saturated rings. The standard InChI is InChI=1S/C18H22F3NO4S/c19-18(20,21)14-5-3-13(4-6-14)10-17(23)22(11-16-2-1-8-26-16)15-7-9-27(24,25)12-15/h3-6,15-16H,1-2,7-12H2/t15-,16-/m1/s1. The van der Waals surface area contributed by atoms with Crippen molar-refractivity contribution in [1.29, 1.82) is 0 Å². The zero-order valence-electron chi connectivity index (χ0n) is 14.7. The summed E-state index contributed by atoms with van der Waals surface area (Å²) in [6.45, 7) is 0.939. The highest BCUT2D eigenvalue weighted by molar-refractivity contribution is 7.91. The summed E-state index contributed by atoms with van der Waals surface area (Å²) in [7, 11) is -3.16. The highest BCUT2D eigenvalue weighted by Crippen LogP contribution is 2.29. The first-order valence-corrected chi connectivity index (χ1v) is 10.7. The molecule has 5 nitrogen and oxygen atoms in total. The fourth-order valence-corrected chi connectivity index (χ4v) is 5.30. The van der Waals surface area contributed by atoms with Gasteiger partial charge in [0.05, 0.1) is 29.6 Å². The number of sulfone groups is 1. The second-order valence-electron chi connectivity index (χ2n) is 7.11. The van der Waals surface area contributed by atoms with E-state index in [9.17, 15) is 26.4 Å². The lowest BCUT2D eigenvalue weighted by atomic mass is 10.1. The quantitative estimate of drug-likeness (QED) is 0.755. The van der Waals surface area contributed by atoms with E-state index >= 15 is 0 Å². The SMILES string of the molecule is O=C(Cc1ccc(C(F)(F)F)cc1)N(C[C@H]1CCCO1)[C@@H]1CCS(=O)(=O)C1. The molecule has 0 bridgehead atoms. The first-order valence-electron chi connectivity index (χ1n) is 8.92. The number of benzene rings is 1. The predicted octanol–water partition coefficient (Wildman–Crippen LogP) is 2.44. The topological polar surface area (TPSA) is 63.7 Å². The molecule has 2 heterocycles. The van der Waals surface area contributed by atoms with Crippen LogP contribution in [0.2, 0.25) is 0 Å². The average molecular weight is 405 g/mol. The number of rotatable bonds is 5. The molecule has 0 radical (unpaired) electrons. The summed E-state index contributed by atoms with van der Waals surface area (Å²) in [5.74, 6) is -0.307. The van der Waals surface area contributed by atoms with Gasteiger partial charge in [-0.05, 0) is 37.0 Å². The van der Waals surface area contributed by atoms with Crippen molar-refractivity contribution in [2.45, 2.75) is 44.0 Å². The third-order valence-electron chi connectivity index (χ3n) is 5.03. The van der Waals surface area contributed by atoms with Crippen molar-refractivity contribution >= 4 is 15.7 Å². The number of halogens is 3. The molecule has 9 heteroatoms. The van der Waals surface area contributed by atoms with Crippen LogP contribution in [0.15, 0.2) is 24.3 Å². The van der Waals surface area contributed by atoms with Crippen LogP contribution >= 0.6 is 0 Å². The van der Waals surface area contributed by atoms with Gasteiger partial charge in [0, 0.05) is 19.2 Å². The van der Waals surface area contributed by atoms with Crippen LogP contribution in [0.25, 0.3) is 0 Å². The lowest BCUT2D eigenvalue weighted by molar-refractivity contribution is -0.137. The van der Waals surface area contributed by atoms with Crippen molar-refractivity contribution in [3.63, 3.8) is 0 Å². The van der Waals surface area contributed by atoms with Crippen molar-refractivity contribution in [3.8, 4) is 0 Å². The van der Waals surface area contributed by atoms with E-state index in [0.29, 0.717) is 25.1 Å². The highest BCUT2D eigenvalue weighted by Gasteiger charge is 2.36. The number of nitrogens with zero attached hydrogens (tertiary/aromatic N) is 1. The Balaban J connectivity index is 1.72. The maximum absolute atomic E-state index is 12.8. The molecule has 0 aliphatic carbocycles. The van der Waals surface area contributed by atoms with Gasteiger partial charge in [-0.2, -0.15) is 13.2 Å². The molecule has 0 N–H and O–H groups in total.